The van der Waals surface area contributed by atoms with Gasteiger partial charge in [0.25, 0.3) is 5.91 Å². The maximum absolute atomic E-state index is 12.3. The Hall–Kier alpha value is -3.40. The molecule has 4 rings (SSSR count). The van der Waals surface area contributed by atoms with Crippen molar-refractivity contribution in [2.45, 2.75) is 6.10 Å². The van der Waals surface area contributed by atoms with Crippen molar-refractivity contribution in [3.8, 4) is 17.2 Å². The summed E-state index contributed by atoms with van der Waals surface area (Å²) in [6, 6.07) is 21.1. The van der Waals surface area contributed by atoms with E-state index < -0.39 is 18.0 Å². The summed E-state index contributed by atoms with van der Waals surface area (Å²) in [5.74, 6) is 0.715. The molecule has 3 aromatic carbocycles. The molecule has 3 aromatic rings. The van der Waals surface area contributed by atoms with Gasteiger partial charge in [-0.2, -0.15) is 5.10 Å². The predicted molar refractivity (Wildman–Crippen MR) is 123 cm³/mol. The Kier molecular flexibility index (Phi) is 6.46. The van der Waals surface area contributed by atoms with Crippen LogP contribution in [-0.2, 0) is 4.79 Å². The van der Waals surface area contributed by atoms with Gasteiger partial charge in [-0.05, 0) is 76.7 Å². The molecular weight excluding hydrogens is 511 g/mol. The lowest BCUT2D eigenvalue weighted by molar-refractivity contribution is -0.130. The molecule has 1 unspecified atom stereocenters. The lowest BCUT2D eigenvalue weighted by Crippen LogP contribution is -2.42. The number of carbonyl (C=O) groups excluding carboxylic acids is 2. The number of hydrogen-bond acceptors (Lipinski definition) is 6. The molecule has 0 aliphatic carbocycles. The van der Waals surface area contributed by atoms with E-state index in [1.807, 2.05) is 24.3 Å². The highest BCUT2D eigenvalue weighted by molar-refractivity contribution is 14.1. The molecule has 156 valence electrons. The van der Waals surface area contributed by atoms with Gasteiger partial charge in [0, 0.05) is 3.57 Å². The highest BCUT2D eigenvalue weighted by Gasteiger charge is 2.26. The molecular formula is C23H17IN2O5. The van der Waals surface area contributed by atoms with Crippen molar-refractivity contribution in [2.24, 2.45) is 5.10 Å². The smallest absolute Gasteiger partial charge is 0.344 e. The number of hydrazone groups is 1. The second-order valence-electron chi connectivity index (χ2n) is 6.54. The lowest BCUT2D eigenvalue weighted by Gasteiger charge is -2.24. The number of rotatable bonds is 5. The van der Waals surface area contributed by atoms with E-state index in [4.69, 9.17) is 14.2 Å². The second-order valence-corrected chi connectivity index (χ2v) is 7.70. The van der Waals surface area contributed by atoms with E-state index in [-0.39, 0.29) is 6.61 Å². The molecule has 8 heteroatoms. The van der Waals surface area contributed by atoms with Crippen LogP contribution in [0, 0.1) is 3.57 Å². The summed E-state index contributed by atoms with van der Waals surface area (Å²) in [6.07, 6.45) is 0.705. The number of para-hydroxylation sites is 2. The minimum absolute atomic E-state index is 0.110. The van der Waals surface area contributed by atoms with Crippen molar-refractivity contribution in [3.05, 3.63) is 87.5 Å². The summed E-state index contributed by atoms with van der Waals surface area (Å²) in [5.41, 5.74) is 3.68. The Morgan fingerprint density at radius 2 is 1.71 bits per heavy atom. The Labute approximate surface area is 192 Å². The first-order valence-electron chi connectivity index (χ1n) is 9.38. The van der Waals surface area contributed by atoms with E-state index in [2.05, 4.69) is 33.1 Å². The van der Waals surface area contributed by atoms with Crippen molar-refractivity contribution in [1.82, 2.24) is 5.43 Å². The van der Waals surface area contributed by atoms with Crippen LogP contribution in [0.5, 0.6) is 17.2 Å². The molecule has 0 aromatic heterocycles. The van der Waals surface area contributed by atoms with Gasteiger partial charge in [0.05, 0.1) is 11.8 Å². The zero-order valence-electron chi connectivity index (χ0n) is 16.2. The Balaban J connectivity index is 1.30. The lowest BCUT2D eigenvalue weighted by atomic mass is 10.2. The first-order valence-corrected chi connectivity index (χ1v) is 10.5. The molecule has 1 aliphatic heterocycles. The van der Waals surface area contributed by atoms with E-state index in [0.29, 0.717) is 22.8 Å². The average molecular weight is 528 g/mol. The highest BCUT2D eigenvalue weighted by atomic mass is 127. The Morgan fingerprint density at radius 3 is 2.48 bits per heavy atom. The third-order valence-corrected chi connectivity index (χ3v) is 5.31. The van der Waals surface area contributed by atoms with Gasteiger partial charge in [0.15, 0.2) is 11.5 Å². The van der Waals surface area contributed by atoms with E-state index in [0.717, 1.165) is 9.13 Å². The molecule has 0 bridgehead atoms. The van der Waals surface area contributed by atoms with Gasteiger partial charge in [-0.25, -0.2) is 10.2 Å². The minimum atomic E-state index is -0.783. The van der Waals surface area contributed by atoms with Gasteiger partial charge in [-0.3, -0.25) is 4.79 Å². The summed E-state index contributed by atoms with van der Waals surface area (Å²) in [6.45, 7) is 0.110. The topological polar surface area (TPSA) is 86.2 Å². The third-order valence-electron chi connectivity index (χ3n) is 4.37. The number of amides is 1. The molecule has 0 saturated carbocycles. The van der Waals surface area contributed by atoms with Gasteiger partial charge in [0.1, 0.15) is 12.4 Å². The summed E-state index contributed by atoms with van der Waals surface area (Å²) < 4.78 is 17.4. The van der Waals surface area contributed by atoms with Crippen molar-refractivity contribution < 1.29 is 23.8 Å². The fourth-order valence-electron chi connectivity index (χ4n) is 2.80. The summed E-state index contributed by atoms with van der Waals surface area (Å²) in [5, 5.41) is 3.95. The number of carbonyl (C=O) groups is 2. The SMILES string of the molecule is O=C(Oc1ccc(C=NNC(=O)C2COc3ccccc3O2)cc1)c1ccccc1I. The van der Waals surface area contributed by atoms with Crippen molar-refractivity contribution in [1.29, 1.82) is 0 Å². The van der Waals surface area contributed by atoms with Crippen molar-refractivity contribution in [2.75, 3.05) is 6.61 Å². The van der Waals surface area contributed by atoms with Crippen LogP contribution in [0.2, 0.25) is 0 Å². The van der Waals surface area contributed by atoms with E-state index in [1.165, 1.54) is 6.21 Å². The number of fused-ring (bicyclic) bond motifs is 1. The van der Waals surface area contributed by atoms with Gasteiger partial charge in [-0.15, -0.1) is 0 Å². The summed E-state index contributed by atoms with van der Waals surface area (Å²) >= 11 is 2.09. The summed E-state index contributed by atoms with van der Waals surface area (Å²) in [4.78, 5) is 24.5. The number of benzene rings is 3. The van der Waals surface area contributed by atoms with Crippen LogP contribution in [0.3, 0.4) is 0 Å². The van der Waals surface area contributed by atoms with Crippen LogP contribution in [0.4, 0.5) is 0 Å². The van der Waals surface area contributed by atoms with Gasteiger partial charge < -0.3 is 14.2 Å². The Morgan fingerprint density at radius 1 is 1.00 bits per heavy atom. The fourth-order valence-corrected chi connectivity index (χ4v) is 3.41. The standard InChI is InChI=1S/C23H17IN2O5/c24-18-6-2-1-5-17(18)23(28)30-16-11-9-15(10-12-16)13-25-26-22(27)21-14-29-19-7-3-4-8-20(19)31-21/h1-13,21H,14H2,(H,26,27). The van der Waals surface area contributed by atoms with Crippen LogP contribution in [0.25, 0.3) is 0 Å². The maximum Gasteiger partial charge on any atom is 0.344 e. The molecule has 0 spiro atoms. The van der Waals surface area contributed by atoms with Crippen LogP contribution in [0.15, 0.2) is 77.9 Å². The number of hydrogen-bond donors (Lipinski definition) is 1. The first kappa shape index (κ1) is 20.9. The van der Waals surface area contributed by atoms with Crippen LogP contribution in [0.1, 0.15) is 15.9 Å². The minimum Gasteiger partial charge on any atom is -0.485 e. The molecule has 0 saturated heterocycles. The number of nitrogens with zero attached hydrogens (tertiary/aromatic N) is 1. The number of ether oxygens (including phenoxy) is 3. The predicted octanol–water partition coefficient (Wildman–Crippen LogP) is 3.80. The van der Waals surface area contributed by atoms with E-state index in [1.54, 1.807) is 48.5 Å². The highest BCUT2D eigenvalue weighted by Crippen LogP contribution is 2.30. The van der Waals surface area contributed by atoms with Gasteiger partial charge in [-0.1, -0.05) is 24.3 Å². The van der Waals surface area contributed by atoms with Crippen LogP contribution in [-0.4, -0.2) is 30.8 Å². The third kappa shape index (κ3) is 5.21. The van der Waals surface area contributed by atoms with E-state index in [9.17, 15) is 9.59 Å². The number of halogens is 1. The van der Waals surface area contributed by atoms with Crippen molar-refractivity contribution in [3.63, 3.8) is 0 Å². The maximum atomic E-state index is 12.3. The molecule has 1 atom stereocenters. The largest absolute Gasteiger partial charge is 0.485 e. The average Bonchev–Trinajstić information content (AvgIpc) is 2.80. The molecule has 31 heavy (non-hydrogen) atoms. The molecule has 1 aliphatic rings. The van der Waals surface area contributed by atoms with E-state index >= 15 is 0 Å². The van der Waals surface area contributed by atoms with Crippen LogP contribution >= 0.6 is 22.6 Å². The first-order chi connectivity index (χ1) is 15.1. The molecule has 1 heterocycles. The van der Waals surface area contributed by atoms with Gasteiger partial charge in [0.2, 0.25) is 6.10 Å². The fraction of sp³-hybridized carbons (Fsp3) is 0.0870. The number of esters is 1. The quantitative estimate of drug-likeness (QED) is 0.179. The monoisotopic (exact) mass is 528 g/mol. The summed E-state index contributed by atoms with van der Waals surface area (Å²) in [7, 11) is 0. The Bertz CT molecular complexity index is 1130. The molecule has 1 amide bonds. The van der Waals surface area contributed by atoms with Crippen LogP contribution < -0.4 is 19.6 Å². The van der Waals surface area contributed by atoms with Gasteiger partial charge >= 0.3 is 5.97 Å². The molecule has 0 fully saturated rings. The zero-order chi connectivity index (χ0) is 21.6. The zero-order valence-corrected chi connectivity index (χ0v) is 18.3. The molecule has 0 radical (unpaired) electrons. The molecule has 1 N–H and O–H groups in total. The normalized spacial score (nSPS) is 14.8. The molecule has 7 nitrogen and oxygen atoms in total. The second kappa shape index (κ2) is 9.61. The number of nitrogens with one attached hydrogen (secondary N) is 1. The van der Waals surface area contributed by atoms with Crippen molar-refractivity contribution >= 4 is 40.7 Å².